The number of hydrogen-bond acceptors (Lipinski definition) is 4. The van der Waals surface area contributed by atoms with Gasteiger partial charge in [0.05, 0.1) is 10.5 Å². The van der Waals surface area contributed by atoms with Crippen molar-refractivity contribution in [1.29, 1.82) is 0 Å². The van der Waals surface area contributed by atoms with Gasteiger partial charge in [0.1, 0.15) is 34.8 Å². The highest BCUT2D eigenvalue weighted by Crippen LogP contribution is 2.48. The Labute approximate surface area is 169 Å². The monoisotopic (exact) mass is 445 g/mol. The van der Waals surface area contributed by atoms with Crippen LogP contribution in [0.15, 0.2) is 41.1 Å². The van der Waals surface area contributed by atoms with Crippen LogP contribution in [0.4, 0.5) is 14.6 Å². The highest BCUT2D eigenvalue weighted by Gasteiger charge is 2.43. The third-order valence-electron chi connectivity index (χ3n) is 5.77. The Morgan fingerprint density at radius 2 is 1.93 bits per heavy atom. The summed E-state index contributed by atoms with van der Waals surface area (Å²) in [5, 5.41) is 4.02. The van der Waals surface area contributed by atoms with Crippen LogP contribution in [0.5, 0.6) is 5.75 Å². The van der Waals surface area contributed by atoms with E-state index in [1.54, 1.807) is 18.2 Å². The summed E-state index contributed by atoms with van der Waals surface area (Å²) in [5.74, 6) is 0.513. The molecule has 0 saturated heterocycles. The van der Waals surface area contributed by atoms with Crippen molar-refractivity contribution >= 4 is 32.7 Å². The number of benzene rings is 2. The zero-order chi connectivity index (χ0) is 19.3. The van der Waals surface area contributed by atoms with Gasteiger partial charge in [-0.3, -0.25) is 0 Å². The number of hydrogen-bond donors (Lipinski definition) is 1. The fraction of sp³-hybridized carbons (Fsp3) is 0.333. The first kappa shape index (κ1) is 17.8. The molecule has 1 saturated carbocycles. The van der Waals surface area contributed by atoms with Crippen molar-refractivity contribution < 1.29 is 13.5 Å². The van der Waals surface area contributed by atoms with E-state index >= 15 is 0 Å². The molecule has 2 aromatic carbocycles. The molecule has 1 aliphatic heterocycles. The summed E-state index contributed by atoms with van der Waals surface area (Å²) in [4.78, 5) is 8.43. The van der Waals surface area contributed by atoms with Gasteiger partial charge in [-0.15, -0.1) is 0 Å². The topological polar surface area (TPSA) is 47.0 Å². The molecule has 2 heterocycles. The summed E-state index contributed by atoms with van der Waals surface area (Å²) >= 11 is 3.20. The van der Waals surface area contributed by atoms with Crippen molar-refractivity contribution in [2.75, 3.05) is 5.32 Å². The van der Waals surface area contributed by atoms with Gasteiger partial charge in [-0.05, 0) is 71.9 Å². The summed E-state index contributed by atoms with van der Waals surface area (Å²) in [6.07, 6.45) is 6.27. The first-order chi connectivity index (χ1) is 13.5. The SMILES string of the molecule is Fc1ccc2c(c1)[C@H](Nc1ncnc3c(F)c(Br)ccc13)CC1(CCCC1)O2. The molecule has 1 atom stereocenters. The van der Waals surface area contributed by atoms with Crippen LogP contribution in [0.3, 0.4) is 0 Å². The molecule has 28 heavy (non-hydrogen) atoms. The molecule has 1 spiro atoms. The highest BCUT2D eigenvalue weighted by atomic mass is 79.9. The maximum atomic E-state index is 14.5. The third-order valence-corrected chi connectivity index (χ3v) is 6.39. The van der Waals surface area contributed by atoms with Gasteiger partial charge in [-0.25, -0.2) is 18.7 Å². The van der Waals surface area contributed by atoms with E-state index in [9.17, 15) is 8.78 Å². The van der Waals surface area contributed by atoms with Crippen molar-refractivity contribution in [3.8, 4) is 5.75 Å². The number of nitrogens with one attached hydrogen (secondary N) is 1. The lowest BCUT2D eigenvalue weighted by atomic mass is 9.86. The number of rotatable bonds is 2. The van der Waals surface area contributed by atoms with E-state index in [2.05, 4.69) is 31.2 Å². The van der Waals surface area contributed by atoms with Crippen LogP contribution in [0.2, 0.25) is 0 Å². The molecule has 1 fully saturated rings. The van der Waals surface area contributed by atoms with Crippen LogP contribution < -0.4 is 10.1 Å². The lowest BCUT2D eigenvalue weighted by molar-refractivity contribution is 0.0451. The molecule has 0 unspecified atom stereocenters. The molecule has 7 heteroatoms. The van der Waals surface area contributed by atoms with E-state index in [-0.39, 0.29) is 23.0 Å². The van der Waals surface area contributed by atoms with Gasteiger partial charge in [-0.1, -0.05) is 0 Å². The van der Waals surface area contributed by atoms with Crippen LogP contribution >= 0.6 is 15.9 Å². The van der Waals surface area contributed by atoms with E-state index in [1.807, 2.05) is 0 Å². The van der Waals surface area contributed by atoms with Crippen molar-refractivity contribution in [3.63, 3.8) is 0 Å². The molecule has 5 rings (SSSR count). The highest BCUT2D eigenvalue weighted by molar-refractivity contribution is 9.10. The maximum absolute atomic E-state index is 14.5. The molecule has 0 bridgehead atoms. The number of halogens is 3. The molecular formula is C21H18BrF2N3O. The average molecular weight is 446 g/mol. The van der Waals surface area contributed by atoms with E-state index < -0.39 is 5.82 Å². The summed E-state index contributed by atoms with van der Waals surface area (Å²) in [6.45, 7) is 0. The summed E-state index contributed by atoms with van der Waals surface area (Å²) in [6, 6.07) is 7.88. The van der Waals surface area contributed by atoms with Gasteiger partial charge in [-0.2, -0.15) is 0 Å². The van der Waals surface area contributed by atoms with Gasteiger partial charge in [0.25, 0.3) is 0 Å². The van der Waals surface area contributed by atoms with Crippen LogP contribution in [-0.2, 0) is 0 Å². The normalized spacial score (nSPS) is 20.2. The summed E-state index contributed by atoms with van der Waals surface area (Å²) in [7, 11) is 0. The third kappa shape index (κ3) is 2.92. The lowest BCUT2D eigenvalue weighted by Gasteiger charge is -2.40. The molecule has 0 amide bonds. The Bertz CT molecular complexity index is 1070. The zero-order valence-corrected chi connectivity index (χ0v) is 16.6. The zero-order valence-electron chi connectivity index (χ0n) is 15.0. The van der Waals surface area contributed by atoms with Crippen molar-refractivity contribution in [3.05, 3.63) is 58.3 Å². The van der Waals surface area contributed by atoms with Crippen molar-refractivity contribution in [2.45, 2.75) is 43.7 Å². The van der Waals surface area contributed by atoms with Gasteiger partial charge >= 0.3 is 0 Å². The van der Waals surface area contributed by atoms with E-state index in [0.29, 0.717) is 27.8 Å². The standard InChI is InChI=1S/C21H18BrF2N3O/c22-15-5-4-13-19(18(15)24)25-11-26-20(13)27-16-10-21(7-1-2-8-21)28-17-6-3-12(23)9-14(16)17/h3-6,9,11,16H,1-2,7-8,10H2,(H,25,26,27)/t16-/m1/s1. The number of nitrogens with zero attached hydrogens (tertiary/aromatic N) is 2. The van der Waals surface area contributed by atoms with Crippen LogP contribution in [-0.4, -0.2) is 15.6 Å². The second kappa shape index (κ2) is 6.65. The lowest BCUT2D eigenvalue weighted by Crippen LogP contribution is -2.40. The maximum Gasteiger partial charge on any atom is 0.163 e. The smallest absolute Gasteiger partial charge is 0.163 e. The minimum atomic E-state index is -0.423. The van der Waals surface area contributed by atoms with E-state index in [0.717, 1.165) is 31.2 Å². The van der Waals surface area contributed by atoms with Gasteiger partial charge < -0.3 is 10.1 Å². The Balaban J connectivity index is 1.58. The number of anilines is 1. The van der Waals surface area contributed by atoms with Gasteiger partial charge in [0, 0.05) is 17.4 Å². The predicted molar refractivity (Wildman–Crippen MR) is 106 cm³/mol. The number of fused-ring (bicyclic) bond motifs is 2. The Morgan fingerprint density at radius 3 is 2.75 bits per heavy atom. The second-order valence-corrected chi connectivity index (χ2v) is 8.41. The van der Waals surface area contributed by atoms with Crippen LogP contribution in [0.1, 0.15) is 43.7 Å². The van der Waals surface area contributed by atoms with E-state index in [1.165, 1.54) is 18.5 Å². The van der Waals surface area contributed by atoms with Crippen LogP contribution in [0.25, 0.3) is 10.9 Å². The minimum absolute atomic E-state index is 0.178. The Morgan fingerprint density at radius 1 is 1.11 bits per heavy atom. The Hall–Kier alpha value is -2.28. The van der Waals surface area contributed by atoms with Crippen LogP contribution in [0, 0.1) is 11.6 Å². The van der Waals surface area contributed by atoms with Gasteiger partial charge in [0.15, 0.2) is 5.82 Å². The summed E-state index contributed by atoms with van der Waals surface area (Å²) < 4.78 is 35.1. The average Bonchev–Trinajstić information content (AvgIpc) is 3.13. The van der Waals surface area contributed by atoms with Gasteiger partial charge in [0.2, 0.25) is 0 Å². The first-order valence-corrected chi connectivity index (χ1v) is 10.2. The predicted octanol–water partition coefficient (Wildman–Crippen LogP) is 5.92. The summed E-state index contributed by atoms with van der Waals surface area (Å²) in [5.41, 5.74) is 0.774. The second-order valence-electron chi connectivity index (χ2n) is 7.56. The molecule has 1 aromatic heterocycles. The fourth-order valence-electron chi connectivity index (χ4n) is 4.45. The molecule has 4 nitrogen and oxygen atoms in total. The Kier molecular flexibility index (Phi) is 4.23. The van der Waals surface area contributed by atoms with Crippen molar-refractivity contribution in [2.24, 2.45) is 0 Å². The molecular weight excluding hydrogens is 428 g/mol. The largest absolute Gasteiger partial charge is 0.487 e. The minimum Gasteiger partial charge on any atom is -0.487 e. The molecule has 1 N–H and O–H groups in total. The quantitative estimate of drug-likeness (QED) is 0.531. The van der Waals surface area contributed by atoms with E-state index in [4.69, 9.17) is 4.74 Å². The molecule has 0 radical (unpaired) electrons. The number of aromatic nitrogens is 2. The molecule has 2 aliphatic rings. The fourth-order valence-corrected chi connectivity index (χ4v) is 4.77. The first-order valence-electron chi connectivity index (χ1n) is 9.38. The number of ether oxygens (including phenoxy) is 1. The molecule has 144 valence electrons. The molecule has 3 aromatic rings. The molecule has 1 aliphatic carbocycles. The van der Waals surface area contributed by atoms with Crippen molar-refractivity contribution in [1.82, 2.24) is 9.97 Å².